The lowest BCUT2D eigenvalue weighted by Gasteiger charge is -2.08. The van der Waals surface area contributed by atoms with Crippen LogP contribution in [0.25, 0.3) is 11.4 Å². The summed E-state index contributed by atoms with van der Waals surface area (Å²) in [6.07, 6.45) is 0. The van der Waals surface area contributed by atoms with Gasteiger partial charge in [0.25, 0.3) is 0 Å². The monoisotopic (exact) mass is 325 g/mol. The Bertz CT molecular complexity index is 867. The predicted molar refractivity (Wildman–Crippen MR) is 90.6 cm³/mol. The smallest absolute Gasteiger partial charge is 0.232 e. The number of halogens is 1. The number of nitrogens with two attached hydrogens (primary N) is 1. The van der Waals surface area contributed by atoms with E-state index in [1.807, 2.05) is 31.2 Å². The minimum absolute atomic E-state index is 0.0471. The van der Waals surface area contributed by atoms with Crippen molar-refractivity contribution in [2.75, 3.05) is 18.2 Å². The van der Waals surface area contributed by atoms with Gasteiger partial charge in [-0.3, -0.25) is 0 Å². The standard InChI is InChI=1S/C17H16FN5O/c1-10-3-6-12(7-4-10)20-17-22-15(21-16(19)23-17)11-5-8-14(24-2)13(18)9-11/h3-9H,1-2H3,(H3,19,20,21,22,23). The van der Waals surface area contributed by atoms with Crippen LogP contribution in [0.4, 0.5) is 22.0 Å². The van der Waals surface area contributed by atoms with Gasteiger partial charge in [0.05, 0.1) is 7.11 Å². The number of nitrogens with zero attached hydrogens (tertiary/aromatic N) is 3. The molecule has 3 aromatic rings. The van der Waals surface area contributed by atoms with Crippen molar-refractivity contribution in [3.8, 4) is 17.1 Å². The summed E-state index contributed by atoms with van der Waals surface area (Å²) in [5.74, 6) is 0.267. The summed E-state index contributed by atoms with van der Waals surface area (Å²) in [5.41, 5.74) is 8.19. The Morgan fingerprint density at radius 3 is 2.46 bits per heavy atom. The molecule has 6 nitrogen and oxygen atoms in total. The first-order valence-electron chi connectivity index (χ1n) is 7.24. The van der Waals surface area contributed by atoms with Crippen molar-refractivity contribution in [2.24, 2.45) is 0 Å². The molecule has 0 aliphatic heterocycles. The fourth-order valence-corrected chi connectivity index (χ4v) is 2.15. The van der Waals surface area contributed by atoms with Crippen LogP contribution in [-0.2, 0) is 0 Å². The molecule has 24 heavy (non-hydrogen) atoms. The third kappa shape index (κ3) is 3.40. The maximum Gasteiger partial charge on any atom is 0.232 e. The van der Waals surface area contributed by atoms with Crippen molar-refractivity contribution < 1.29 is 9.13 Å². The molecule has 0 saturated carbocycles. The zero-order valence-corrected chi connectivity index (χ0v) is 13.2. The van der Waals surface area contributed by atoms with Gasteiger partial charge in [0.2, 0.25) is 11.9 Å². The second kappa shape index (κ2) is 6.49. The minimum atomic E-state index is -0.498. The molecule has 7 heteroatoms. The predicted octanol–water partition coefficient (Wildman–Crippen LogP) is 3.32. The Kier molecular flexibility index (Phi) is 4.24. The highest BCUT2D eigenvalue weighted by atomic mass is 19.1. The minimum Gasteiger partial charge on any atom is -0.494 e. The van der Waals surface area contributed by atoms with Crippen LogP contribution in [0.5, 0.6) is 5.75 Å². The van der Waals surface area contributed by atoms with E-state index in [9.17, 15) is 4.39 Å². The van der Waals surface area contributed by atoms with E-state index in [0.717, 1.165) is 11.3 Å². The number of nitrogens with one attached hydrogen (secondary N) is 1. The van der Waals surface area contributed by atoms with Crippen LogP contribution in [0.2, 0.25) is 0 Å². The van der Waals surface area contributed by atoms with Crippen molar-refractivity contribution in [1.82, 2.24) is 15.0 Å². The molecule has 0 spiro atoms. The molecule has 0 saturated heterocycles. The molecule has 0 amide bonds. The first-order chi connectivity index (χ1) is 11.5. The molecule has 122 valence electrons. The van der Waals surface area contributed by atoms with E-state index >= 15 is 0 Å². The van der Waals surface area contributed by atoms with Gasteiger partial charge in [0, 0.05) is 11.3 Å². The van der Waals surface area contributed by atoms with Crippen LogP contribution in [0.1, 0.15) is 5.56 Å². The third-order valence-corrected chi connectivity index (χ3v) is 3.37. The highest BCUT2D eigenvalue weighted by Crippen LogP contribution is 2.24. The highest BCUT2D eigenvalue weighted by molar-refractivity contribution is 5.61. The van der Waals surface area contributed by atoms with Crippen LogP contribution in [0.15, 0.2) is 42.5 Å². The van der Waals surface area contributed by atoms with E-state index in [2.05, 4.69) is 20.3 Å². The van der Waals surface area contributed by atoms with Gasteiger partial charge < -0.3 is 15.8 Å². The van der Waals surface area contributed by atoms with Gasteiger partial charge in [-0.05, 0) is 37.3 Å². The molecular formula is C17H16FN5O. The van der Waals surface area contributed by atoms with E-state index in [1.54, 1.807) is 6.07 Å². The number of benzene rings is 2. The van der Waals surface area contributed by atoms with Gasteiger partial charge >= 0.3 is 0 Å². The molecular weight excluding hydrogens is 309 g/mol. The number of anilines is 3. The summed E-state index contributed by atoms with van der Waals surface area (Å²) in [6, 6.07) is 12.2. The van der Waals surface area contributed by atoms with Crippen molar-refractivity contribution in [2.45, 2.75) is 6.92 Å². The Labute approximate surface area is 138 Å². The summed E-state index contributed by atoms with van der Waals surface area (Å²) in [6.45, 7) is 2.00. The Morgan fingerprint density at radius 1 is 1.04 bits per heavy atom. The van der Waals surface area contributed by atoms with E-state index in [0.29, 0.717) is 5.56 Å². The van der Waals surface area contributed by atoms with Crippen molar-refractivity contribution in [1.29, 1.82) is 0 Å². The molecule has 3 N–H and O–H groups in total. The van der Waals surface area contributed by atoms with Crippen molar-refractivity contribution in [3.63, 3.8) is 0 Å². The van der Waals surface area contributed by atoms with Gasteiger partial charge in [-0.1, -0.05) is 17.7 Å². The molecule has 0 atom stereocenters. The van der Waals surface area contributed by atoms with Crippen molar-refractivity contribution >= 4 is 17.6 Å². The first kappa shape index (κ1) is 15.7. The zero-order chi connectivity index (χ0) is 17.1. The van der Waals surface area contributed by atoms with Gasteiger partial charge in [0.1, 0.15) is 0 Å². The first-order valence-corrected chi connectivity index (χ1v) is 7.24. The molecule has 3 rings (SSSR count). The normalized spacial score (nSPS) is 10.5. The lowest BCUT2D eigenvalue weighted by Crippen LogP contribution is -2.05. The number of hydrogen-bond acceptors (Lipinski definition) is 6. The molecule has 0 aliphatic rings. The van der Waals surface area contributed by atoms with Crippen LogP contribution < -0.4 is 15.8 Å². The second-order valence-corrected chi connectivity index (χ2v) is 5.18. The van der Waals surface area contributed by atoms with Gasteiger partial charge in [-0.25, -0.2) is 4.39 Å². The average molecular weight is 325 g/mol. The Morgan fingerprint density at radius 2 is 1.79 bits per heavy atom. The topological polar surface area (TPSA) is 86.0 Å². The van der Waals surface area contributed by atoms with Gasteiger partial charge in [-0.15, -0.1) is 0 Å². The molecule has 0 radical (unpaired) electrons. The van der Waals surface area contributed by atoms with E-state index in [-0.39, 0.29) is 23.5 Å². The number of ether oxygens (including phenoxy) is 1. The largest absolute Gasteiger partial charge is 0.494 e. The number of rotatable bonds is 4. The summed E-state index contributed by atoms with van der Waals surface area (Å²) >= 11 is 0. The number of methoxy groups -OCH3 is 1. The second-order valence-electron chi connectivity index (χ2n) is 5.18. The quantitative estimate of drug-likeness (QED) is 0.765. The maximum absolute atomic E-state index is 13.9. The number of nitrogen functional groups attached to an aromatic ring is 1. The van der Waals surface area contributed by atoms with Crippen LogP contribution in [-0.4, -0.2) is 22.1 Å². The Balaban J connectivity index is 1.94. The fourth-order valence-electron chi connectivity index (χ4n) is 2.15. The van der Waals surface area contributed by atoms with E-state index in [4.69, 9.17) is 10.5 Å². The van der Waals surface area contributed by atoms with Crippen LogP contribution in [0.3, 0.4) is 0 Å². The molecule has 1 heterocycles. The van der Waals surface area contributed by atoms with Gasteiger partial charge in [-0.2, -0.15) is 15.0 Å². The average Bonchev–Trinajstić information content (AvgIpc) is 2.56. The number of aromatic nitrogens is 3. The highest BCUT2D eigenvalue weighted by Gasteiger charge is 2.10. The number of hydrogen-bond donors (Lipinski definition) is 2. The molecule has 0 bridgehead atoms. The van der Waals surface area contributed by atoms with E-state index < -0.39 is 5.82 Å². The lowest BCUT2D eigenvalue weighted by atomic mass is 10.2. The van der Waals surface area contributed by atoms with Crippen LogP contribution in [0, 0.1) is 12.7 Å². The summed E-state index contributed by atoms with van der Waals surface area (Å²) in [7, 11) is 1.41. The SMILES string of the molecule is COc1ccc(-c2nc(N)nc(Nc3ccc(C)cc3)n2)cc1F. The van der Waals surface area contributed by atoms with Crippen LogP contribution >= 0.6 is 0 Å². The fraction of sp³-hybridized carbons (Fsp3) is 0.118. The summed E-state index contributed by atoms with van der Waals surface area (Å²) in [4.78, 5) is 12.4. The van der Waals surface area contributed by atoms with Gasteiger partial charge in [0.15, 0.2) is 17.4 Å². The summed E-state index contributed by atoms with van der Waals surface area (Å²) in [5, 5.41) is 3.06. The third-order valence-electron chi connectivity index (χ3n) is 3.37. The van der Waals surface area contributed by atoms with E-state index in [1.165, 1.54) is 19.2 Å². The summed E-state index contributed by atoms with van der Waals surface area (Å²) < 4.78 is 18.8. The lowest BCUT2D eigenvalue weighted by molar-refractivity contribution is 0.386. The molecule has 2 aromatic carbocycles. The Hall–Kier alpha value is -3.22. The molecule has 0 fully saturated rings. The molecule has 0 aliphatic carbocycles. The molecule has 1 aromatic heterocycles. The molecule has 0 unspecified atom stereocenters. The maximum atomic E-state index is 13.9. The van der Waals surface area contributed by atoms with Crippen molar-refractivity contribution in [3.05, 3.63) is 53.8 Å². The number of aryl methyl sites for hydroxylation is 1. The zero-order valence-electron chi connectivity index (χ0n) is 13.2.